The number of nitrogens with zero attached hydrogens (tertiary/aromatic N) is 1. The Labute approximate surface area is 108 Å². The van der Waals surface area contributed by atoms with Gasteiger partial charge < -0.3 is 5.73 Å². The van der Waals surface area contributed by atoms with Gasteiger partial charge in [-0.05, 0) is 18.2 Å². The average molecular weight is 255 g/mol. The van der Waals surface area contributed by atoms with Crippen molar-refractivity contribution in [1.82, 2.24) is 10.2 Å². The summed E-state index contributed by atoms with van der Waals surface area (Å²) in [6, 6.07) is 9.54. The number of benzene rings is 2. The van der Waals surface area contributed by atoms with Gasteiger partial charge >= 0.3 is 0 Å². The minimum Gasteiger partial charge on any atom is -0.366 e. The smallest absolute Gasteiger partial charge is 0.249 e. The van der Waals surface area contributed by atoms with Gasteiger partial charge in [0.2, 0.25) is 5.91 Å². The monoisotopic (exact) mass is 255 g/mol. The highest BCUT2D eigenvalue weighted by Gasteiger charge is 2.17. The molecule has 0 atom stereocenters. The molecule has 0 aliphatic carbocycles. The van der Waals surface area contributed by atoms with E-state index >= 15 is 0 Å². The second-order valence-corrected chi connectivity index (χ2v) is 4.16. The highest BCUT2D eigenvalue weighted by atomic mass is 19.1. The van der Waals surface area contributed by atoms with E-state index in [1.807, 2.05) is 0 Å². The lowest BCUT2D eigenvalue weighted by Gasteiger charge is -2.09. The molecular formula is C14H10FN3O. The van der Waals surface area contributed by atoms with E-state index in [4.69, 9.17) is 5.73 Å². The molecular weight excluding hydrogens is 245 g/mol. The molecule has 2 aromatic carbocycles. The van der Waals surface area contributed by atoms with Crippen LogP contribution in [0.15, 0.2) is 42.6 Å². The van der Waals surface area contributed by atoms with Gasteiger partial charge in [0, 0.05) is 22.1 Å². The first-order valence-corrected chi connectivity index (χ1v) is 5.69. The Morgan fingerprint density at radius 1 is 1.21 bits per heavy atom. The number of nitrogens with one attached hydrogen (secondary N) is 1. The third-order valence-electron chi connectivity index (χ3n) is 3.03. The maximum atomic E-state index is 14.0. The van der Waals surface area contributed by atoms with E-state index in [0.29, 0.717) is 16.5 Å². The van der Waals surface area contributed by atoms with Crippen molar-refractivity contribution < 1.29 is 9.18 Å². The second kappa shape index (κ2) is 4.20. The van der Waals surface area contributed by atoms with E-state index in [9.17, 15) is 9.18 Å². The van der Waals surface area contributed by atoms with Crippen molar-refractivity contribution in [2.24, 2.45) is 5.73 Å². The zero-order valence-corrected chi connectivity index (χ0v) is 9.85. The fraction of sp³-hybridized carbons (Fsp3) is 0. The van der Waals surface area contributed by atoms with Gasteiger partial charge in [-0.3, -0.25) is 9.89 Å². The quantitative estimate of drug-likeness (QED) is 0.738. The fourth-order valence-electron chi connectivity index (χ4n) is 2.18. The summed E-state index contributed by atoms with van der Waals surface area (Å²) in [6.07, 6.45) is 1.56. The van der Waals surface area contributed by atoms with Crippen molar-refractivity contribution in [2.45, 2.75) is 0 Å². The molecule has 3 N–H and O–H groups in total. The molecule has 0 fully saturated rings. The van der Waals surface area contributed by atoms with Gasteiger partial charge in [0.1, 0.15) is 5.82 Å². The van der Waals surface area contributed by atoms with Gasteiger partial charge in [-0.25, -0.2) is 4.39 Å². The number of hydrogen-bond donors (Lipinski definition) is 2. The van der Waals surface area contributed by atoms with Crippen molar-refractivity contribution in [3.63, 3.8) is 0 Å². The summed E-state index contributed by atoms with van der Waals surface area (Å²) in [5.74, 6) is -1.000. The normalized spacial score (nSPS) is 10.8. The second-order valence-electron chi connectivity index (χ2n) is 4.16. The molecule has 4 nitrogen and oxygen atoms in total. The van der Waals surface area contributed by atoms with Crippen molar-refractivity contribution in [1.29, 1.82) is 0 Å². The molecule has 1 amide bonds. The minimum atomic E-state index is -0.596. The molecule has 5 heteroatoms. The summed E-state index contributed by atoms with van der Waals surface area (Å²) in [7, 11) is 0. The first kappa shape index (κ1) is 11.4. The Kier molecular flexibility index (Phi) is 2.52. The number of aromatic amines is 1. The molecule has 1 heterocycles. The lowest BCUT2D eigenvalue weighted by molar-refractivity contribution is 0.100. The Morgan fingerprint density at radius 3 is 2.74 bits per heavy atom. The van der Waals surface area contributed by atoms with Crippen LogP contribution in [0.25, 0.3) is 22.0 Å². The van der Waals surface area contributed by atoms with E-state index in [0.717, 1.165) is 5.52 Å². The summed E-state index contributed by atoms with van der Waals surface area (Å²) in [6.45, 7) is 0. The summed E-state index contributed by atoms with van der Waals surface area (Å²) in [5.41, 5.74) is 7.18. The lowest BCUT2D eigenvalue weighted by Crippen LogP contribution is -2.12. The van der Waals surface area contributed by atoms with Gasteiger partial charge in [0.15, 0.2) is 0 Å². The number of nitrogens with two attached hydrogens (primary N) is 1. The van der Waals surface area contributed by atoms with Crippen LogP contribution in [0.4, 0.5) is 4.39 Å². The highest BCUT2D eigenvalue weighted by Crippen LogP contribution is 2.32. The van der Waals surface area contributed by atoms with Crippen LogP contribution in [0.3, 0.4) is 0 Å². The molecule has 3 rings (SSSR count). The maximum Gasteiger partial charge on any atom is 0.249 e. The maximum absolute atomic E-state index is 14.0. The van der Waals surface area contributed by atoms with Gasteiger partial charge in [-0.1, -0.05) is 18.2 Å². The van der Waals surface area contributed by atoms with Gasteiger partial charge in [-0.15, -0.1) is 0 Å². The summed E-state index contributed by atoms with van der Waals surface area (Å²) < 4.78 is 14.0. The predicted octanol–water partition coefficient (Wildman–Crippen LogP) is 2.47. The molecule has 19 heavy (non-hydrogen) atoms. The number of aromatic nitrogens is 2. The molecule has 0 aliphatic rings. The van der Waals surface area contributed by atoms with Gasteiger partial charge in [-0.2, -0.15) is 5.10 Å². The zero-order valence-electron chi connectivity index (χ0n) is 9.85. The Balaban J connectivity index is 2.43. The first-order chi connectivity index (χ1) is 9.18. The molecule has 94 valence electrons. The number of H-pyrrole nitrogens is 1. The number of fused-ring (bicyclic) bond motifs is 1. The molecule has 0 aliphatic heterocycles. The molecule has 0 saturated carbocycles. The SMILES string of the molecule is NC(=O)c1ccc2[nH]ncc2c1-c1ccccc1F. The van der Waals surface area contributed by atoms with Crippen molar-refractivity contribution in [2.75, 3.05) is 0 Å². The Bertz CT molecular complexity index is 779. The van der Waals surface area contributed by atoms with Crippen LogP contribution in [0.5, 0.6) is 0 Å². The summed E-state index contributed by atoms with van der Waals surface area (Å²) in [4.78, 5) is 11.5. The molecule has 1 aromatic heterocycles. The molecule has 0 unspecified atom stereocenters. The van der Waals surface area contributed by atoms with E-state index in [1.54, 1.807) is 36.5 Å². The third-order valence-corrected chi connectivity index (χ3v) is 3.03. The fourth-order valence-corrected chi connectivity index (χ4v) is 2.18. The van der Waals surface area contributed by atoms with Gasteiger partial charge in [0.05, 0.1) is 11.7 Å². The Morgan fingerprint density at radius 2 is 2.00 bits per heavy atom. The molecule has 0 bridgehead atoms. The number of carbonyl (C=O) groups is 1. The van der Waals surface area contributed by atoms with Crippen molar-refractivity contribution >= 4 is 16.8 Å². The van der Waals surface area contributed by atoms with E-state index in [1.165, 1.54) is 6.07 Å². The standard InChI is InChI=1S/C14H10FN3O/c15-11-4-2-1-3-8(11)13-9(14(16)19)5-6-12-10(13)7-17-18-12/h1-7H,(H2,16,19)(H,17,18). The summed E-state index contributed by atoms with van der Waals surface area (Å²) in [5, 5.41) is 7.38. The molecule has 0 radical (unpaired) electrons. The third kappa shape index (κ3) is 1.76. The molecule has 3 aromatic rings. The highest BCUT2D eigenvalue weighted by molar-refractivity contribution is 6.08. The zero-order chi connectivity index (χ0) is 13.4. The van der Waals surface area contributed by atoms with Crippen LogP contribution in [0.1, 0.15) is 10.4 Å². The van der Waals surface area contributed by atoms with Crippen LogP contribution in [-0.4, -0.2) is 16.1 Å². The van der Waals surface area contributed by atoms with E-state index in [2.05, 4.69) is 10.2 Å². The van der Waals surface area contributed by atoms with Crippen LogP contribution < -0.4 is 5.73 Å². The number of rotatable bonds is 2. The van der Waals surface area contributed by atoms with E-state index in [-0.39, 0.29) is 5.56 Å². The predicted molar refractivity (Wildman–Crippen MR) is 70.0 cm³/mol. The average Bonchev–Trinajstić information content (AvgIpc) is 2.86. The first-order valence-electron chi connectivity index (χ1n) is 5.69. The topological polar surface area (TPSA) is 71.8 Å². The molecule has 0 saturated heterocycles. The Hall–Kier alpha value is -2.69. The van der Waals surface area contributed by atoms with E-state index < -0.39 is 11.7 Å². The lowest BCUT2D eigenvalue weighted by atomic mass is 9.95. The summed E-state index contributed by atoms with van der Waals surface area (Å²) >= 11 is 0. The number of halogens is 1. The van der Waals surface area contributed by atoms with Crippen molar-refractivity contribution in [3.05, 3.63) is 54.0 Å². The van der Waals surface area contributed by atoms with Crippen LogP contribution in [-0.2, 0) is 0 Å². The van der Waals surface area contributed by atoms with Crippen LogP contribution in [0, 0.1) is 5.82 Å². The van der Waals surface area contributed by atoms with Crippen LogP contribution >= 0.6 is 0 Å². The van der Waals surface area contributed by atoms with Gasteiger partial charge in [0.25, 0.3) is 0 Å². The number of amides is 1. The minimum absolute atomic E-state index is 0.277. The number of carbonyl (C=O) groups excluding carboxylic acids is 1. The molecule has 0 spiro atoms. The number of hydrogen-bond acceptors (Lipinski definition) is 2. The largest absolute Gasteiger partial charge is 0.366 e. The number of primary amides is 1. The van der Waals surface area contributed by atoms with Crippen molar-refractivity contribution in [3.8, 4) is 11.1 Å². The van der Waals surface area contributed by atoms with Crippen LogP contribution in [0.2, 0.25) is 0 Å².